The number of nitro benzene ring substituents is 1. The van der Waals surface area contributed by atoms with Crippen molar-refractivity contribution in [3.05, 3.63) is 63.2 Å². The van der Waals surface area contributed by atoms with Gasteiger partial charge in [0.05, 0.1) is 11.0 Å². The van der Waals surface area contributed by atoms with Crippen molar-refractivity contribution < 1.29 is 14.8 Å². The van der Waals surface area contributed by atoms with Gasteiger partial charge in [-0.3, -0.25) is 10.1 Å². The van der Waals surface area contributed by atoms with Crippen LogP contribution in [0.3, 0.4) is 0 Å². The zero-order chi connectivity index (χ0) is 14.7. The van der Waals surface area contributed by atoms with Gasteiger partial charge in [-0.05, 0) is 36.8 Å². The van der Waals surface area contributed by atoms with Gasteiger partial charge >= 0.3 is 5.69 Å². The summed E-state index contributed by atoms with van der Waals surface area (Å²) in [7, 11) is 0. The number of nitrogens with zero attached hydrogens (tertiary/aromatic N) is 1. The predicted molar refractivity (Wildman–Crippen MR) is 75.3 cm³/mol. The van der Waals surface area contributed by atoms with Crippen molar-refractivity contribution in [2.45, 2.75) is 13.0 Å². The van der Waals surface area contributed by atoms with Crippen LogP contribution in [0.1, 0.15) is 18.6 Å². The summed E-state index contributed by atoms with van der Waals surface area (Å²) in [6, 6.07) is 10.9. The minimum atomic E-state index is -0.575. The highest BCUT2D eigenvalue weighted by Crippen LogP contribution is 2.33. The third kappa shape index (κ3) is 3.26. The first-order valence-electron chi connectivity index (χ1n) is 5.87. The summed E-state index contributed by atoms with van der Waals surface area (Å²) in [5.74, 6) is 0.559. The third-order valence-corrected chi connectivity index (χ3v) is 2.94. The van der Waals surface area contributed by atoms with Gasteiger partial charge in [-0.25, -0.2) is 0 Å². The summed E-state index contributed by atoms with van der Waals surface area (Å²) in [6.45, 7) is 1.65. The molecule has 0 aliphatic heterocycles. The van der Waals surface area contributed by atoms with Gasteiger partial charge in [-0.1, -0.05) is 23.7 Å². The summed E-state index contributed by atoms with van der Waals surface area (Å²) in [4.78, 5) is 10.4. The molecule has 2 aromatic carbocycles. The first-order valence-corrected chi connectivity index (χ1v) is 6.25. The monoisotopic (exact) mass is 293 g/mol. The van der Waals surface area contributed by atoms with Crippen LogP contribution in [0, 0.1) is 10.1 Å². The summed E-state index contributed by atoms with van der Waals surface area (Å²) in [6.07, 6.45) is -0.575. The molecule has 0 heterocycles. The molecule has 1 unspecified atom stereocenters. The molecule has 20 heavy (non-hydrogen) atoms. The molecule has 0 saturated carbocycles. The van der Waals surface area contributed by atoms with Crippen molar-refractivity contribution >= 4 is 17.3 Å². The number of benzene rings is 2. The van der Waals surface area contributed by atoms with Gasteiger partial charge in [-0.15, -0.1) is 0 Å². The Hall–Kier alpha value is -2.11. The Balaban J connectivity index is 2.28. The third-order valence-electron chi connectivity index (χ3n) is 2.71. The molecule has 104 valence electrons. The van der Waals surface area contributed by atoms with E-state index in [-0.39, 0.29) is 16.5 Å². The number of nitro groups is 1. The standard InChI is InChI=1S/C14H12ClNO4/c1-9(17)10-2-5-12(6-3-10)20-14-7-4-11(15)8-13(14)16(18)19/h2-9,17H,1H3. The van der Waals surface area contributed by atoms with Gasteiger partial charge < -0.3 is 9.84 Å². The Morgan fingerprint density at radius 3 is 2.45 bits per heavy atom. The van der Waals surface area contributed by atoms with E-state index in [0.29, 0.717) is 5.75 Å². The summed E-state index contributed by atoms with van der Waals surface area (Å²) >= 11 is 5.73. The largest absolute Gasteiger partial charge is 0.450 e. The van der Waals surface area contributed by atoms with Crippen molar-refractivity contribution in [1.82, 2.24) is 0 Å². The molecule has 0 aromatic heterocycles. The zero-order valence-corrected chi connectivity index (χ0v) is 11.4. The molecule has 5 nitrogen and oxygen atoms in total. The van der Waals surface area contributed by atoms with Crippen LogP contribution in [0.15, 0.2) is 42.5 Å². The normalized spacial score (nSPS) is 11.9. The second kappa shape index (κ2) is 5.90. The maximum absolute atomic E-state index is 10.9. The second-order valence-corrected chi connectivity index (χ2v) is 4.65. The van der Waals surface area contributed by atoms with E-state index in [4.69, 9.17) is 16.3 Å². The van der Waals surface area contributed by atoms with Gasteiger partial charge in [-0.2, -0.15) is 0 Å². The van der Waals surface area contributed by atoms with Crippen molar-refractivity contribution in [3.8, 4) is 11.5 Å². The Morgan fingerprint density at radius 2 is 1.90 bits per heavy atom. The number of hydrogen-bond acceptors (Lipinski definition) is 4. The number of rotatable bonds is 4. The fourth-order valence-electron chi connectivity index (χ4n) is 1.66. The van der Waals surface area contributed by atoms with Crippen molar-refractivity contribution in [2.75, 3.05) is 0 Å². The molecule has 0 radical (unpaired) electrons. The maximum Gasteiger partial charge on any atom is 0.313 e. The molecule has 1 atom stereocenters. The summed E-state index contributed by atoms with van der Waals surface area (Å²) in [5.41, 5.74) is 0.542. The van der Waals surface area contributed by atoms with E-state index in [1.165, 1.54) is 18.2 Å². The Morgan fingerprint density at radius 1 is 1.25 bits per heavy atom. The SMILES string of the molecule is CC(O)c1ccc(Oc2ccc(Cl)cc2[N+](=O)[O-])cc1. The molecule has 2 aromatic rings. The fourth-order valence-corrected chi connectivity index (χ4v) is 1.83. The van der Waals surface area contributed by atoms with E-state index in [9.17, 15) is 15.2 Å². The van der Waals surface area contributed by atoms with Crippen molar-refractivity contribution in [1.29, 1.82) is 0 Å². The number of halogens is 1. The zero-order valence-electron chi connectivity index (χ0n) is 10.6. The average Bonchev–Trinajstić information content (AvgIpc) is 2.41. The number of aliphatic hydroxyl groups excluding tert-OH is 1. The molecule has 0 aliphatic carbocycles. The lowest BCUT2D eigenvalue weighted by Gasteiger charge is -2.08. The van der Waals surface area contributed by atoms with Crippen LogP contribution in [-0.2, 0) is 0 Å². The van der Waals surface area contributed by atoms with Gasteiger partial charge in [0.1, 0.15) is 5.75 Å². The van der Waals surface area contributed by atoms with Crippen LogP contribution < -0.4 is 4.74 Å². The van der Waals surface area contributed by atoms with Crippen LogP contribution in [0.25, 0.3) is 0 Å². The van der Waals surface area contributed by atoms with Crippen LogP contribution in [0.4, 0.5) is 5.69 Å². The molecule has 1 N–H and O–H groups in total. The molecule has 0 bridgehead atoms. The lowest BCUT2D eigenvalue weighted by molar-refractivity contribution is -0.385. The molecular formula is C14H12ClNO4. The average molecular weight is 294 g/mol. The van der Waals surface area contributed by atoms with E-state index in [2.05, 4.69) is 0 Å². The molecule has 6 heteroatoms. The highest BCUT2D eigenvalue weighted by Gasteiger charge is 2.16. The van der Waals surface area contributed by atoms with Crippen LogP contribution >= 0.6 is 11.6 Å². The minimum Gasteiger partial charge on any atom is -0.450 e. The molecule has 0 fully saturated rings. The Labute approximate surface area is 120 Å². The van der Waals surface area contributed by atoms with Gasteiger partial charge in [0.2, 0.25) is 5.75 Å². The van der Waals surface area contributed by atoms with Crippen LogP contribution in [0.2, 0.25) is 5.02 Å². The Bertz CT molecular complexity index is 626. The van der Waals surface area contributed by atoms with Crippen molar-refractivity contribution in [3.63, 3.8) is 0 Å². The van der Waals surface area contributed by atoms with Gasteiger partial charge in [0.15, 0.2) is 0 Å². The topological polar surface area (TPSA) is 72.6 Å². The molecular weight excluding hydrogens is 282 g/mol. The van der Waals surface area contributed by atoms with E-state index < -0.39 is 11.0 Å². The first kappa shape index (κ1) is 14.3. The van der Waals surface area contributed by atoms with Crippen LogP contribution in [0.5, 0.6) is 11.5 Å². The highest BCUT2D eigenvalue weighted by molar-refractivity contribution is 6.30. The lowest BCUT2D eigenvalue weighted by atomic mass is 10.1. The Kier molecular flexibility index (Phi) is 4.22. The molecule has 0 saturated heterocycles. The summed E-state index contributed by atoms with van der Waals surface area (Å²) < 4.78 is 5.48. The molecule has 0 spiro atoms. The molecule has 0 aliphatic rings. The van der Waals surface area contributed by atoms with Crippen molar-refractivity contribution in [2.24, 2.45) is 0 Å². The van der Waals surface area contributed by atoms with Crippen LogP contribution in [-0.4, -0.2) is 10.0 Å². The minimum absolute atomic E-state index is 0.115. The highest BCUT2D eigenvalue weighted by atomic mass is 35.5. The fraction of sp³-hybridized carbons (Fsp3) is 0.143. The summed E-state index contributed by atoms with van der Waals surface area (Å²) in [5, 5.41) is 20.6. The van der Waals surface area contributed by atoms with E-state index in [0.717, 1.165) is 5.56 Å². The number of aliphatic hydroxyl groups is 1. The first-order chi connectivity index (χ1) is 9.47. The second-order valence-electron chi connectivity index (χ2n) is 4.22. The van der Waals surface area contributed by atoms with Gasteiger partial charge in [0, 0.05) is 11.1 Å². The van der Waals surface area contributed by atoms with E-state index in [1.54, 1.807) is 31.2 Å². The lowest BCUT2D eigenvalue weighted by Crippen LogP contribution is -1.94. The van der Waals surface area contributed by atoms with Gasteiger partial charge in [0.25, 0.3) is 0 Å². The maximum atomic E-state index is 10.9. The molecule has 2 rings (SSSR count). The molecule has 0 amide bonds. The smallest absolute Gasteiger partial charge is 0.313 e. The number of ether oxygens (including phenoxy) is 1. The predicted octanol–water partition coefficient (Wildman–Crippen LogP) is 4.09. The van der Waals surface area contributed by atoms with E-state index in [1.807, 2.05) is 0 Å². The number of hydrogen-bond donors (Lipinski definition) is 1. The van der Waals surface area contributed by atoms with E-state index >= 15 is 0 Å². The quantitative estimate of drug-likeness (QED) is 0.680.